The van der Waals surface area contributed by atoms with Crippen LogP contribution in [0.3, 0.4) is 0 Å². The van der Waals surface area contributed by atoms with E-state index in [1.54, 1.807) is 0 Å². The smallest absolute Gasteiger partial charge is 0.225 e. The summed E-state index contributed by atoms with van der Waals surface area (Å²) in [4.78, 5) is 11.5. The zero-order chi connectivity index (χ0) is 18.8. The van der Waals surface area contributed by atoms with Crippen molar-refractivity contribution >= 4 is 40.0 Å². The molecule has 4 rings (SSSR count). The first kappa shape index (κ1) is 18.2. The fraction of sp³-hybridized carbons (Fsp3) is 0.550. The summed E-state index contributed by atoms with van der Waals surface area (Å²) in [5.74, 6) is 1.68. The van der Waals surface area contributed by atoms with Crippen molar-refractivity contribution in [1.82, 2.24) is 20.6 Å². The molecule has 27 heavy (non-hydrogen) atoms. The predicted octanol–water partition coefficient (Wildman–Crippen LogP) is 3.05. The van der Waals surface area contributed by atoms with E-state index in [-0.39, 0.29) is 0 Å². The Labute approximate surface area is 166 Å². The zero-order valence-electron chi connectivity index (χ0n) is 16.0. The van der Waals surface area contributed by atoms with Crippen LogP contribution in [0.25, 0.3) is 10.9 Å². The van der Waals surface area contributed by atoms with Crippen LogP contribution in [0.5, 0.6) is 0 Å². The van der Waals surface area contributed by atoms with Crippen LogP contribution in [0.15, 0.2) is 24.3 Å². The van der Waals surface area contributed by atoms with Gasteiger partial charge in [-0.1, -0.05) is 12.1 Å². The van der Waals surface area contributed by atoms with E-state index in [1.807, 2.05) is 37.2 Å². The summed E-state index contributed by atoms with van der Waals surface area (Å²) in [5, 5.41) is 12.3. The molecule has 2 aliphatic rings. The molecule has 0 bridgehead atoms. The lowest BCUT2D eigenvalue weighted by atomic mass is 9.91. The third-order valence-electron chi connectivity index (χ3n) is 5.31. The number of aromatic nitrogens is 2. The lowest BCUT2D eigenvalue weighted by molar-refractivity contribution is 0.385. The van der Waals surface area contributed by atoms with Crippen LogP contribution in [0.4, 0.5) is 11.8 Å². The summed E-state index contributed by atoms with van der Waals surface area (Å²) < 4.78 is 0. The van der Waals surface area contributed by atoms with E-state index in [0.717, 1.165) is 53.5 Å². The van der Waals surface area contributed by atoms with Crippen molar-refractivity contribution < 1.29 is 0 Å². The summed E-state index contributed by atoms with van der Waals surface area (Å²) in [6, 6.07) is 9.66. The first-order chi connectivity index (χ1) is 13.1. The number of anilines is 2. The Hall–Kier alpha value is -2.15. The van der Waals surface area contributed by atoms with Crippen molar-refractivity contribution in [2.75, 3.05) is 24.3 Å². The average molecular weight is 385 g/mol. The van der Waals surface area contributed by atoms with Gasteiger partial charge in [-0.25, -0.2) is 4.98 Å². The number of benzene rings is 1. The maximum absolute atomic E-state index is 5.41. The normalized spacial score (nSPS) is 22.3. The molecular weight excluding hydrogens is 356 g/mol. The van der Waals surface area contributed by atoms with Gasteiger partial charge in [0.1, 0.15) is 5.82 Å². The van der Waals surface area contributed by atoms with Gasteiger partial charge in [0.25, 0.3) is 0 Å². The molecular formula is C20H28N6S. The first-order valence-electron chi connectivity index (χ1n) is 9.86. The second kappa shape index (κ2) is 7.84. The van der Waals surface area contributed by atoms with E-state index in [0.29, 0.717) is 18.1 Å². The van der Waals surface area contributed by atoms with Crippen molar-refractivity contribution in [3.05, 3.63) is 24.3 Å². The molecule has 0 saturated heterocycles. The molecule has 2 aliphatic carbocycles. The van der Waals surface area contributed by atoms with Gasteiger partial charge in [0.05, 0.1) is 5.52 Å². The summed E-state index contributed by atoms with van der Waals surface area (Å²) in [5.41, 5.74) is 0.977. The highest BCUT2D eigenvalue weighted by molar-refractivity contribution is 7.80. The van der Waals surface area contributed by atoms with Crippen LogP contribution in [0.2, 0.25) is 0 Å². The number of fused-ring (bicyclic) bond motifs is 1. The molecule has 0 unspecified atom stereocenters. The van der Waals surface area contributed by atoms with E-state index >= 15 is 0 Å². The van der Waals surface area contributed by atoms with Gasteiger partial charge in [-0.2, -0.15) is 4.98 Å². The standard InChI is InChI=1S/C20H28N6S/c1-26(2)18-16-5-3-4-6-17(16)24-19(25-18)21-13-7-9-14(10-8-13)22-20(27)23-15-11-12-15/h3-6,13-15H,7-12H2,1-2H3,(H,21,24,25)(H2,22,23,27). The van der Waals surface area contributed by atoms with Crippen LogP contribution in [0.1, 0.15) is 38.5 Å². The third-order valence-corrected chi connectivity index (χ3v) is 5.55. The van der Waals surface area contributed by atoms with Crippen LogP contribution in [0, 0.1) is 0 Å². The minimum atomic E-state index is 0.407. The quantitative estimate of drug-likeness (QED) is 0.685. The van der Waals surface area contributed by atoms with E-state index in [9.17, 15) is 0 Å². The molecule has 0 aliphatic heterocycles. The molecule has 2 fully saturated rings. The van der Waals surface area contributed by atoms with Gasteiger partial charge in [0.15, 0.2) is 5.11 Å². The number of hydrogen-bond acceptors (Lipinski definition) is 5. The van der Waals surface area contributed by atoms with Gasteiger partial charge in [0.2, 0.25) is 5.95 Å². The Kier molecular flexibility index (Phi) is 5.29. The second-order valence-corrected chi connectivity index (χ2v) is 8.28. The van der Waals surface area contributed by atoms with Gasteiger partial charge >= 0.3 is 0 Å². The number of rotatable bonds is 5. The SMILES string of the molecule is CN(C)c1nc(NC2CCC(NC(=S)NC3CC3)CC2)nc2ccccc12. The van der Waals surface area contributed by atoms with Crippen molar-refractivity contribution in [3.8, 4) is 0 Å². The summed E-state index contributed by atoms with van der Waals surface area (Å²) in [6.45, 7) is 0. The molecule has 0 atom stereocenters. The molecule has 0 spiro atoms. The van der Waals surface area contributed by atoms with Crippen LogP contribution in [-0.4, -0.2) is 47.3 Å². The van der Waals surface area contributed by atoms with E-state index < -0.39 is 0 Å². The van der Waals surface area contributed by atoms with Crippen molar-refractivity contribution in [3.63, 3.8) is 0 Å². The summed E-state index contributed by atoms with van der Waals surface area (Å²) >= 11 is 5.41. The van der Waals surface area contributed by atoms with Gasteiger partial charge in [-0.3, -0.25) is 0 Å². The molecule has 2 saturated carbocycles. The van der Waals surface area contributed by atoms with Crippen LogP contribution >= 0.6 is 12.2 Å². The zero-order valence-corrected chi connectivity index (χ0v) is 16.9. The van der Waals surface area contributed by atoms with Crippen LogP contribution < -0.4 is 20.9 Å². The molecule has 144 valence electrons. The lowest BCUT2D eigenvalue weighted by Crippen LogP contribution is -2.45. The lowest BCUT2D eigenvalue weighted by Gasteiger charge is -2.30. The molecule has 1 aromatic carbocycles. The summed E-state index contributed by atoms with van der Waals surface area (Å²) in [7, 11) is 4.04. The molecule has 1 aromatic heterocycles. The topological polar surface area (TPSA) is 65.1 Å². The minimum Gasteiger partial charge on any atom is -0.362 e. The number of thiocarbonyl (C=S) groups is 1. The first-order valence-corrected chi connectivity index (χ1v) is 10.3. The fourth-order valence-corrected chi connectivity index (χ4v) is 4.00. The second-order valence-electron chi connectivity index (χ2n) is 7.87. The number of para-hydroxylation sites is 1. The van der Waals surface area contributed by atoms with Gasteiger partial charge in [-0.15, -0.1) is 0 Å². The fourth-order valence-electron chi connectivity index (χ4n) is 3.67. The largest absolute Gasteiger partial charge is 0.362 e. The molecule has 6 nitrogen and oxygen atoms in total. The van der Waals surface area contributed by atoms with Gasteiger partial charge in [-0.05, 0) is 62.9 Å². The van der Waals surface area contributed by atoms with Gasteiger partial charge < -0.3 is 20.9 Å². The highest BCUT2D eigenvalue weighted by Gasteiger charge is 2.25. The Morgan fingerprint density at radius 1 is 0.926 bits per heavy atom. The van der Waals surface area contributed by atoms with Crippen molar-refractivity contribution in [2.45, 2.75) is 56.7 Å². The van der Waals surface area contributed by atoms with E-state index in [1.165, 1.54) is 12.8 Å². The maximum atomic E-state index is 5.41. The van der Waals surface area contributed by atoms with Gasteiger partial charge in [0, 0.05) is 37.6 Å². The molecule has 7 heteroatoms. The molecule has 3 N–H and O–H groups in total. The number of hydrogen-bond donors (Lipinski definition) is 3. The highest BCUT2D eigenvalue weighted by Crippen LogP contribution is 2.26. The minimum absolute atomic E-state index is 0.407. The molecule has 1 heterocycles. The predicted molar refractivity (Wildman–Crippen MR) is 115 cm³/mol. The maximum Gasteiger partial charge on any atom is 0.225 e. The Bertz CT molecular complexity index is 811. The Morgan fingerprint density at radius 2 is 1.52 bits per heavy atom. The third kappa shape index (κ3) is 4.58. The highest BCUT2D eigenvalue weighted by atomic mass is 32.1. The Morgan fingerprint density at radius 3 is 2.15 bits per heavy atom. The molecule has 2 aromatic rings. The average Bonchev–Trinajstić information content (AvgIpc) is 3.46. The number of nitrogens with one attached hydrogen (secondary N) is 3. The Balaban J connectivity index is 1.36. The van der Waals surface area contributed by atoms with Crippen LogP contribution in [-0.2, 0) is 0 Å². The molecule has 0 amide bonds. The number of nitrogens with zero attached hydrogens (tertiary/aromatic N) is 3. The monoisotopic (exact) mass is 384 g/mol. The van der Waals surface area contributed by atoms with Crippen molar-refractivity contribution in [1.29, 1.82) is 0 Å². The summed E-state index contributed by atoms with van der Waals surface area (Å²) in [6.07, 6.45) is 6.91. The molecule has 0 radical (unpaired) electrons. The van der Waals surface area contributed by atoms with E-state index in [4.69, 9.17) is 22.2 Å². The van der Waals surface area contributed by atoms with Crippen molar-refractivity contribution in [2.24, 2.45) is 0 Å². The van der Waals surface area contributed by atoms with E-state index in [2.05, 4.69) is 22.0 Å².